The highest BCUT2D eigenvalue weighted by molar-refractivity contribution is 9.10. The summed E-state index contributed by atoms with van der Waals surface area (Å²) < 4.78 is 14.8. The second-order valence-corrected chi connectivity index (χ2v) is 6.43. The minimum atomic E-state index is -0.140. The van der Waals surface area contributed by atoms with Crippen molar-refractivity contribution in [1.82, 2.24) is 5.32 Å². The second-order valence-electron chi connectivity index (χ2n) is 4.48. The molecule has 1 aromatic heterocycles. The summed E-state index contributed by atoms with van der Waals surface area (Å²) in [6, 6.07) is 9.40. The van der Waals surface area contributed by atoms with Gasteiger partial charge in [-0.25, -0.2) is 4.39 Å². The molecule has 1 nitrogen and oxygen atoms in total. The highest BCUT2D eigenvalue weighted by Gasteiger charge is 2.14. The Kier molecular flexibility index (Phi) is 5.55. The summed E-state index contributed by atoms with van der Waals surface area (Å²) in [5, 5.41) is 5.31. The summed E-state index contributed by atoms with van der Waals surface area (Å²) in [6.45, 7) is 0. The molecule has 0 aliphatic carbocycles. The number of nitrogens with one attached hydrogen (secondary N) is 1. The van der Waals surface area contributed by atoms with Crippen LogP contribution in [-0.2, 0) is 6.42 Å². The van der Waals surface area contributed by atoms with Crippen molar-refractivity contribution in [2.75, 3.05) is 7.05 Å². The lowest BCUT2D eigenvalue weighted by Crippen LogP contribution is -2.18. The van der Waals surface area contributed by atoms with Gasteiger partial charge >= 0.3 is 0 Å². The van der Waals surface area contributed by atoms with Crippen LogP contribution >= 0.6 is 27.3 Å². The number of halogens is 2. The molecule has 1 atom stereocenters. The molecule has 0 fully saturated rings. The fourth-order valence-electron chi connectivity index (χ4n) is 2.17. The van der Waals surface area contributed by atoms with Gasteiger partial charge in [0.15, 0.2) is 0 Å². The molecule has 0 amide bonds. The molecule has 0 saturated carbocycles. The third kappa shape index (κ3) is 4.13. The summed E-state index contributed by atoms with van der Waals surface area (Å²) in [7, 11) is 1.89. The monoisotopic (exact) mass is 341 g/mol. The van der Waals surface area contributed by atoms with Crippen LogP contribution in [0.15, 0.2) is 40.2 Å². The standard InChI is InChI=1S/C15H17BrFNS/c1-18-15(6-2-4-12-5-3-9-19-12)13-10-11(16)7-8-14(13)17/h3,5,7-10,15,18H,2,4,6H2,1H3. The van der Waals surface area contributed by atoms with E-state index >= 15 is 0 Å². The maximum Gasteiger partial charge on any atom is 0.128 e. The Balaban J connectivity index is 1.97. The van der Waals surface area contributed by atoms with Crippen molar-refractivity contribution in [1.29, 1.82) is 0 Å². The van der Waals surface area contributed by atoms with E-state index in [1.165, 1.54) is 10.9 Å². The summed E-state index contributed by atoms with van der Waals surface area (Å²) in [5.74, 6) is -0.140. The predicted molar refractivity (Wildman–Crippen MR) is 83.2 cm³/mol. The first-order valence-corrected chi connectivity index (χ1v) is 8.02. The van der Waals surface area contributed by atoms with Gasteiger partial charge in [-0.2, -0.15) is 0 Å². The maximum atomic E-state index is 13.8. The zero-order chi connectivity index (χ0) is 13.7. The Morgan fingerprint density at radius 3 is 2.89 bits per heavy atom. The number of benzene rings is 1. The van der Waals surface area contributed by atoms with Crippen molar-refractivity contribution in [2.24, 2.45) is 0 Å². The molecule has 4 heteroatoms. The van der Waals surface area contributed by atoms with Crippen molar-refractivity contribution < 1.29 is 4.39 Å². The molecule has 0 radical (unpaired) electrons. The van der Waals surface area contributed by atoms with Crippen molar-refractivity contribution in [3.05, 3.63) is 56.4 Å². The molecule has 1 heterocycles. The van der Waals surface area contributed by atoms with Crippen LogP contribution in [0.3, 0.4) is 0 Å². The van der Waals surface area contributed by atoms with E-state index in [0.717, 1.165) is 29.3 Å². The molecule has 1 aromatic carbocycles. The quantitative estimate of drug-likeness (QED) is 0.785. The molecule has 0 aliphatic rings. The molecular weight excluding hydrogens is 325 g/mol. The van der Waals surface area contributed by atoms with E-state index in [9.17, 15) is 4.39 Å². The second kappa shape index (κ2) is 7.17. The summed E-state index contributed by atoms with van der Waals surface area (Å²) in [6.07, 6.45) is 3.05. The average molecular weight is 342 g/mol. The van der Waals surface area contributed by atoms with Gasteiger partial charge in [0.05, 0.1) is 0 Å². The lowest BCUT2D eigenvalue weighted by Gasteiger charge is -2.17. The Morgan fingerprint density at radius 2 is 2.21 bits per heavy atom. The molecule has 102 valence electrons. The van der Waals surface area contributed by atoms with E-state index in [1.54, 1.807) is 17.4 Å². The Hall–Kier alpha value is -0.710. The van der Waals surface area contributed by atoms with Gasteiger partial charge in [0.1, 0.15) is 5.82 Å². The van der Waals surface area contributed by atoms with Crippen LogP contribution in [-0.4, -0.2) is 7.05 Å². The molecule has 1 N–H and O–H groups in total. The topological polar surface area (TPSA) is 12.0 Å². The maximum absolute atomic E-state index is 13.8. The molecule has 0 bridgehead atoms. The van der Waals surface area contributed by atoms with Crippen molar-refractivity contribution in [3.8, 4) is 0 Å². The normalized spacial score (nSPS) is 12.6. The van der Waals surface area contributed by atoms with Gasteiger partial charge in [0.25, 0.3) is 0 Å². The van der Waals surface area contributed by atoms with Gasteiger partial charge in [0.2, 0.25) is 0 Å². The smallest absolute Gasteiger partial charge is 0.128 e. The first-order valence-electron chi connectivity index (χ1n) is 6.35. The van der Waals surface area contributed by atoms with Gasteiger partial charge < -0.3 is 5.32 Å². The largest absolute Gasteiger partial charge is 0.313 e. The highest BCUT2D eigenvalue weighted by atomic mass is 79.9. The molecular formula is C15H17BrFNS. The molecule has 1 unspecified atom stereocenters. The molecule has 0 saturated heterocycles. The third-order valence-electron chi connectivity index (χ3n) is 3.18. The van der Waals surface area contributed by atoms with E-state index in [0.29, 0.717) is 0 Å². The van der Waals surface area contributed by atoms with Gasteiger partial charge in [-0.3, -0.25) is 0 Å². The zero-order valence-corrected chi connectivity index (χ0v) is 13.2. The number of hydrogen-bond donors (Lipinski definition) is 1. The van der Waals surface area contributed by atoms with Crippen LogP contribution < -0.4 is 5.32 Å². The molecule has 0 spiro atoms. The van der Waals surface area contributed by atoms with Crippen LogP contribution in [0.4, 0.5) is 4.39 Å². The van der Waals surface area contributed by atoms with Crippen molar-refractivity contribution in [3.63, 3.8) is 0 Å². The highest BCUT2D eigenvalue weighted by Crippen LogP contribution is 2.25. The SMILES string of the molecule is CNC(CCCc1cccs1)c1cc(Br)ccc1F. The first kappa shape index (κ1) is 14.7. The Bertz CT molecular complexity index is 513. The molecule has 2 rings (SSSR count). The lowest BCUT2D eigenvalue weighted by molar-refractivity contribution is 0.495. The fraction of sp³-hybridized carbons (Fsp3) is 0.333. The van der Waals surface area contributed by atoms with Gasteiger partial charge in [-0.15, -0.1) is 11.3 Å². The van der Waals surface area contributed by atoms with Gasteiger partial charge in [-0.1, -0.05) is 22.0 Å². The Morgan fingerprint density at radius 1 is 1.37 bits per heavy atom. The van der Waals surface area contributed by atoms with Crippen molar-refractivity contribution in [2.45, 2.75) is 25.3 Å². The molecule has 0 aliphatic heterocycles. The number of aryl methyl sites for hydroxylation is 1. The van der Waals surface area contributed by atoms with Crippen LogP contribution in [0.5, 0.6) is 0 Å². The van der Waals surface area contributed by atoms with E-state index in [2.05, 4.69) is 38.8 Å². The summed E-state index contributed by atoms with van der Waals surface area (Å²) in [4.78, 5) is 1.39. The minimum Gasteiger partial charge on any atom is -0.313 e. The first-order chi connectivity index (χ1) is 9.20. The molecule has 2 aromatic rings. The van der Waals surface area contributed by atoms with E-state index in [-0.39, 0.29) is 11.9 Å². The lowest BCUT2D eigenvalue weighted by atomic mass is 10.0. The third-order valence-corrected chi connectivity index (χ3v) is 4.61. The number of hydrogen-bond acceptors (Lipinski definition) is 2. The van der Waals surface area contributed by atoms with E-state index < -0.39 is 0 Å². The number of thiophene rings is 1. The average Bonchev–Trinajstić information content (AvgIpc) is 2.91. The van der Waals surface area contributed by atoms with Gasteiger partial charge in [0, 0.05) is 21.0 Å². The van der Waals surface area contributed by atoms with Crippen LogP contribution in [0.2, 0.25) is 0 Å². The fourth-order valence-corrected chi connectivity index (χ4v) is 3.30. The zero-order valence-electron chi connectivity index (χ0n) is 10.8. The van der Waals surface area contributed by atoms with Crippen molar-refractivity contribution >= 4 is 27.3 Å². The Labute approximate surface area is 126 Å². The summed E-state index contributed by atoms with van der Waals surface area (Å²) in [5.41, 5.74) is 0.739. The van der Waals surface area contributed by atoms with Crippen LogP contribution in [0.25, 0.3) is 0 Å². The number of rotatable bonds is 6. The van der Waals surface area contributed by atoms with Crippen LogP contribution in [0.1, 0.15) is 29.3 Å². The van der Waals surface area contributed by atoms with Gasteiger partial charge in [-0.05, 0) is 56.0 Å². The summed E-state index contributed by atoms with van der Waals surface area (Å²) >= 11 is 5.18. The minimum absolute atomic E-state index is 0.0671. The predicted octanol–water partition coefficient (Wildman–Crippen LogP) is 4.93. The van der Waals surface area contributed by atoms with E-state index in [1.807, 2.05) is 13.1 Å². The van der Waals surface area contributed by atoms with E-state index in [4.69, 9.17) is 0 Å². The molecule has 19 heavy (non-hydrogen) atoms. The van der Waals surface area contributed by atoms with Crippen LogP contribution in [0, 0.1) is 5.82 Å².